The Labute approximate surface area is 140 Å². The number of anilines is 1. The Balaban J connectivity index is 1.82. The normalized spacial score (nSPS) is 16.5. The van der Waals surface area contributed by atoms with Crippen LogP contribution in [0.25, 0.3) is 0 Å². The van der Waals surface area contributed by atoms with Gasteiger partial charge in [-0.25, -0.2) is 13.5 Å². The molecule has 1 saturated heterocycles. The smallest absolute Gasteiger partial charge is 0.258 e. The van der Waals surface area contributed by atoms with Gasteiger partial charge in [-0.2, -0.15) is 14.4 Å². The molecule has 0 radical (unpaired) electrons. The van der Waals surface area contributed by atoms with Crippen LogP contribution in [0.3, 0.4) is 0 Å². The summed E-state index contributed by atoms with van der Waals surface area (Å²) in [6.45, 7) is 1.05. The fourth-order valence-electron chi connectivity index (χ4n) is 2.67. The number of benzene rings is 1. The number of amides is 1. The molecule has 0 atom stereocenters. The van der Waals surface area contributed by atoms with E-state index < -0.39 is 15.9 Å². The summed E-state index contributed by atoms with van der Waals surface area (Å²) in [4.78, 5) is 16.2. The Hall–Kier alpha value is -2.26. The van der Waals surface area contributed by atoms with Crippen molar-refractivity contribution in [2.45, 2.75) is 30.6 Å². The van der Waals surface area contributed by atoms with Gasteiger partial charge in [0.2, 0.25) is 16.0 Å². The topological polar surface area (TPSA) is 108 Å². The van der Waals surface area contributed by atoms with Gasteiger partial charge in [0.25, 0.3) is 5.91 Å². The second kappa shape index (κ2) is 7.10. The third kappa shape index (κ3) is 3.62. The van der Waals surface area contributed by atoms with E-state index in [2.05, 4.69) is 20.5 Å². The van der Waals surface area contributed by atoms with Gasteiger partial charge in [-0.15, -0.1) is 0 Å². The molecule has 24 heavy (non-hydrogen) atoms. The standard InChI is InChI=1S/C15H19N5O3S/c21-14(18-15-16-11-17-19-15)12-6-5-7-13(10-12)24(22,23)20-8-3-1-2-4-9-20/h5-7,10-11H,1-4,8-9H2,(H2,16,17,18,19,21). The first-order chi connectivity index (χ1) is 11.6. The average molecular weight is 349 g/mol. The maximum atomic E-state index is 12.8. The number of rotatable bonds is 4. The van der Waals surface area contributed by atoms with E-state index in [4.69, 9.17) is 0 Å². The lowest BCUT2D eigenvalue weighted by molar-refractivity contribution is 0.102. The van der Waals surface area contributed by atoms with E-state index in [1.165, 1.54) is 22.8 Å². The minimum Gasteiger partial charge on any atom is -0.291 e. The Bertz CT molecular complexity index is 796. The SMILES string of the molecule is O=C(Nc1ncn[nH]1)c1cccc(S(=O)(=O)N2CCCCCC2)c1. The van der Waals surface area contributed by atoms with Crippen LogP contribution in [0.2, 0.25) is 0 Å². The van der Waals surface area contributed by atoms with Crippen molar-refractivity contribution in [2.24, 2.45) is 0 Å². The lowest BCUT2D eigenvalue weighted by Crippen LogP contribution is -2.32. The summed E-state index contributed by atoms with van der Waals surface area (Å²) in [5, 5.41) is 8.69. The van der Waals surface area contributed by atoms with Crippen molar-refractivity contribution >= 4 is 21.9 Å². The summed E-state index contributed by atoms with van der Waals surface area (Å²) in [5.41, 5.74) is 0.252. The number of carbonyl (C=O) groups excluding carboxylic acids is 1. The molecule has 3 rings (SSSR count). The molecule has 1 amide bonds. The van der Waals surface area contributed by atoms with Crippen molar-refractivity contribution in [1.82, 2.24) is 19.5 Å². The quantitative estimate of drug-likeness (QED) is 0.872. The summed E-state index contributed by atoms with van der Waals surface area (Å²) >= 11 is 0. The zero-order valence-corrected chi connectivity index (χ0v) is 13.9. The first-order valence-electron chi connectivity index (χ1n) is 7.84. The Morgan fingerprint density at radius 2 is 1.92 bits per heavy atom. The highest BCUT2D eigenvalue weighted by atomic mass is 32.2. The molecule has 2 heterocycles. The Morgan fingerprint density at radius 1 is 1.17 bits per heavy atom. The van der Waals surface area contributed by atoms with Gasteiger partial charge in [0.05, 0.1) is 4.90 Å². The van der Waals surface area contributed by atoms with Crippen molar-refractivity contribution in [3.05, 3.63) is 36.2 Å². The van der Waals surface area contributed by atoms with Crippen LogP contribution in [-0.4, -0.2) is 46.9 Å². The fraction of sp³-hybridized carbons (Fsp3) is 0.400. The number of hydrogen-bond donors (Lipinski definition) is 2. The van der Waals surface area contributed by atoms with Crippen LogP contribution in [0.4, 0.5) is 5.95 Å². The van der Waals surface area contributed by atoms with Crippen LogP contribution in [0.5, 0.6) is 0 Å². The number of sulfonamides is 1. The number of aromatic amines is 1. The van der Waals surface area contributed by atoms with Crippen molar-refractivity contribution in [3.63, 3.8) is 0 Å². The van der Waals surface area contributed by atoms with Gasteiger partial charge >= 0.3 is 0 Å². The molecule has 2 aromatic rings. The maximum Gasteiger partial charge on any atom is 0.258 e. The van der Waals surface area contributed by atoms with E-state index in [0.29, 0.717) is 13.1 Å². The number of hydrogen-bond acceptors (Lipinski definition) is 5. The molecule has 1 aliphatic rings. The first kappa shape index (κ1) is 16.6. The summed E-state index contributed by atoms with van der Waals surface area (Å²) in [5.74, 6) is -0.236. The molecule has 9 heteroatoms. The minimum absolute atomic E-state index is 0.134. The lowest BCUT2D eigenvalue weighted by atomic mass is 10.2. The monoisotopic (exact) mass is 349 g/mol. The van der Waals surface area contributed by atoms with Gasteiger partial charge in [0.15, 0.2) is 0 Å². The van der Waals surface area contributed by atoms with E-state index >= 15 is 0 Å². The molecule has 0 unspecified atom stereocenters. The second-order valence-corrected chi connectivity index (χ2v) is 7.57. The van der Waals surface area contributed by atoms with Crippen molar-refractivity contribution in [2.75, 3.05) is 18.4 Å². The van der Waals surface area contributed by atoms with E-state index in [1.54, 1.807) is 12.1 Å². The fourth-order valence-corrected chi connectivity index (χ4v) is 4.24. The van der Waals surface area contributed by atoms with Crippen LogP contribution < -0.4 is 5.32 Å². The molecule has 1 aromatic heterocycles. The Kier molecular flexibility index (Phi) is 4.91. The summed E-state index contributed by atoms with van der Waals surface area (Å²) in [6.07, 6.45) is 5.10. The zero-order valence-electron chi connectivity index (χ0n) is 13.1. The van der Waals surface area contributed by atoms with E-state index in [1.807, 2.05) is 0 Å². The molecule has 0 bridgehead atoms. The lowest BCUT2D eigenvalue weighted by Gasteiger charge is -2.20. The van der Waals surface area contributed by atoms with Crippen molar-refractivity contribution in [1.29, 1.82) is 0 Å². The molecule has 1 aliphatic heterocycles. The van der Waals surface area contributed by atoms with Gasteiger partial charge in [-0.3, -0.25) is 10.1 Å². The Morgan fingerprint density at radius 3 is 2.58 bits per heavy atom. The van der Waals surface area contributed by atoms with Gasteiger partial charge < -0.3 is 0 Å². The van der Waals surface area contributed by atoms with Crippen LogP contribution in [0.1, 0.15) is 36.0 Å². The van der Waals surface area contributed by atoms with Crippen molar-refractivity contribution < 1.29 is 13.2 Å². The third-order valence-electron chi connectivity index (χ3n) is 3.95. The van der Waals surface area contributed by atoms with Gasteiger partial charge in [-0.1, -0.05) is 18.9 Å². The summed E-state index contributed by atoms with van der Waals surface area (Å²) in [6, 6.07) is 6.05. The van der Waals surface area contributed by atoms with Crippen LogP contribution in [0.15, 0.2) is 35.5 Å². The molecule has 2 N–H and O–H groups in total. The molecule has 1 fully saturated rings. The largest absolute Gasteiger partial charge is 0.291 e. The highest BCUT2D eigenvalue weighted by Crippen LogP contribution is 2.21. The van der Waals surface area contributed by atoms with Gasteiger partial charge in [-0.05, 0) is 31.0 Å². The number of carbonyl (C=O) groups is 1. The van der Waals surface area contributed by atoms with Gasteiger partial charge in [0, 0.05) is 18.7 Å². The number of aromatic nitrogens is 3. The van der Waals surface area contributed by atoms with Crippen molar-refractivity contribution in [3.8, 4) is 0 Å². The minimum atomic E-state index is -3.59. The predicted octanol–water partition coefficient (Wildman–Crippen LogP) is 1.62. The van der Waals surface area contributed by atoms with E-state index in [0.717, 1.165) is 25.7 Å². The number of nitrogens with zero attached hydrogens (tertiary/aromatic N) is 3. The molecule has 0 saturated carbocycles. The molecular formula is C15H19N5O3S. The molecule has 8 nitrogen and oxygen atoms in total. The summed E-state index contributed by atoms with van der Waals surface area (Å²) < 4.78 is 27.1. The van der Waals surface area contributed by atoms with Gasteiger partial charge in [0.1, 0.15) is 6.33 Å². The third-order valence-corrected chi connectivity index (χ3v) is 5.84. The second-order valence-electron chi connectivity index (χ2n) is 5.63. The number of H-pyrrole nitrogens is 1. The molecule has 0 spiro atoms. The molecule has 1 aromatic carbocycles. The highest BCUT2D eigenvalue weighted by molar-refractivity contribution is 7.89. The maximum absolute atomic E-state index is 12.8. The first-order valence-corrected chi connectivity index (χ1v) is 9.28. The number of nitrogens with one attached hydrogen (secondary N) is 2. The highest BCUT2D eigenvalue weighted by Gasteiger charge is 2.25. The summed E-state index contributed by atoms with van der Waals surface area (Å²) in [7, 11) is -3.59. The van der Waals surface area contributed by atoms with Crippen LogP contribution >= 0.6 is 0 Å². The average Bonchev–Trinajstić information content (AvgIpc) is 2.93. The molecule has 0 aliphatic carbocycles. The van der Waals surface area contributed by atoms with E-state index in [-0.39, 0.29) is 16.4 Å². The molecular weight excluding hydrogens is 330 g/mol. The predicted molar refractivity (Wildman–Crippen MR) is 88.0 cm³/mol. The molecule has 128 valence electrons. The van der Waals surface area contributed by atoms with Crippen LogP contribution in [-0.2, 0) is 10.0 Å². The zero-order chi connectivity index (χ0) is 17.0. The van der Waals surface area contributed by atoms with E-state index in [9.17, 15) is 13.2 Å². The van der Waals surface area contributed by atoms with Crippen LogP contribution in [0, 0.1) is 0 Å².